The van der Waals surface area contributed by atoms with E-state index in [4.69, 9.17) is 9.47 Å². The molecule has 3 aromatic rings. The van der Waals surface area contributed by atoms with Gasteiger partial charge in [0.15, 0.2) is 17.1 Å². The van der Waals surface area contributed by atoms with Crippen LogP contribution in [-0.2, 0) is 6.42 Å². The Balaban J connectivity index is 1.58. The van der Waals surface area contributed by atoms with Crippen molar-refractivity contribution in [3.8, 4) is 11.5 Å². The van der Waals surface area contributed by atoms with Gasteiger partial charge in [0.25, 0.3) is 5.91 Å². The number of nitrogens with zero attached hydrogens (tertiary/aromatic N) is 3. The minimum atomic E-state index is -0.193. The molecule has 0 atom stereocenters. The summed E-state index contributed by atoms with van der Waals surface area (Å²) in [4.78, 5) is 12.4. The van der Waals surface area contributed by atoms with Crippen molar-refractivity contribution in [2.24, 2.45) is 0 Å². The lowest BCUT2D eigenvalue weighted by Crippen LogP contribution is -2.25. The van der Waals surface area contributed by atoms with Gasteiger partial charge < -0.3 is 14.8 Å². The van der Waals surface area contributed by atoms with E-state index in [1.807, 2.05) is 28.8 Å². The van der Waals surface area contributed by atoms with Crippen LogP contribution in [0.4, 0.5) is 0 Å². The van der Waals surface area contributed by atoms with Gasteiger partial charge in [0.05, 0.1) is 19.8 Å². The Morgan fingerprint density at radius 3 is 2.80 bits per heavy atom. The van der Waals surface area contributed by atoms with E-state index in [0.29, 0.717) is 23.6 Å². The number of benzene rings is 1. The molecule has 0 aliphatic carbocycles. The molecule has 1 amide bonds. The van der Waals surface area contributed by atoms with Crippen molar-refractivity contribution in [2.45, 2.75) is 12.8 Å². The highest BCUT2D eigenvalue weighted by Gasteiger charge is 2.15. The first kappa shape index (κ1) is 16.8. The number of aryl methyl sites for hydroxylation is 1. The highest BCUT2D eigenvalue weighted by atomic mass is 16.5. The number of pyridine rings is 1. The van der Waals surface area contributed by atoms with E-state index >= 15 is 0 Å². The molecule has 0 saturated heterocycles. The minimum absolute atomic E-state index is 0.193. The Hall–Kier alpha value is -3.09. The fraction of sp³-hybridized carbons (Fsp3) is 0.278. The van der Waals surface area contributed by atoms with Crippen molar-refractivity contribution in [2.75, 3.05) is 20.8 Å². The lowest BCUT2D eigenvalue weighted by molar-refractivity contribution is 0.0949. The van der Waals surface area contributed by atoms with Crippen LogP contribution >= 0.6 is 0 Å². The average molecular weight is 340 g/mol. The molecule has 0 saturated carbocycles. The molecule has 1 N–H and O–H groups in total. The Bertz CT molecular complexity index is 876. The highest BCUT2D eigenvalue weighted by molar-refractivity contribution is 5.97. The second-order valence-electron chi connectivity index (χ2n) is 5.45. The first-order chi connectivity index (χ1) is 12.2. The molecule has 3 rings (SSSR count). The molecule has 0 aliphatic heterocycles. The summed E-state index contributed by atoms with van der Waals surface area (Å²) in [6.45, 7) is 0.529. The molecule has 0 bridgehead atoms. The Morgan fingerprint density at radius 1 is 1.12 bits per heavy atom. The number of hydrogen-bond acceptors (Lipinski definition) is 5. The third-order valence-electron chi connectivity index (χ3n) is 3.89. The quantitative estimate of drug-likeness (QED) is 0.667. The van der Waals surface area contributed by atoms with E-state index in [0.717, 1.165) is 24.3 Å². The van der Waals surface area contributed by atoms with Crippen LogP contribution in [0, 0.1) is 0 Å². The van der Waals surface area contributed by atoms with Gasteiger partial charge in [-0.25, -0.2) is 0 Å². The monoisotopic (exact) mass is 340 g/mol. The second-order valence-corrected chi connectivity index (χ2v) is 5.45. The molecule has 0 fully saturated rings. The number of ether oxygens (including phenoxy) is 2. The summed E-state index contributed by atoms with van der Waals surface area (Å²) in [5, 5.41) is 11.2. The zero-order valence-electron chi connectivity index (χ0n) is 14.2. The lowest BCUT2D eigenvalue weighted by Gasteiger charge is -2.12. The second kappa shape index (κ2) is 7.65. The SMILES string of the molecule is COc1cccc(C(=O)NCCCc2nnc3ccccn23)c1OC. The van der Waals surface area contributed by atoms with E-state index in [9.17, 15) is 4.79 Å². The number of aromatic nitrogens is 3. The molecule has 2 aromatic heterocycles. The van der Waals surface area contributed by atoms with Gasteiger partial charge in [-0.15, -0.1) is 10.2 Å². The van der Waals surface area contributed by atoms with Crippen molar-refractivity contribution in [3.63, 3.8) is 0 Å². The normalized spacial score (nSPS) is 10.6. The van der Waals surface area contributed by atoms with E-state index in [1.54, 1.807) is 25.3 Å². The molecule has 0 radical (unpaired) electrons. The molecule has 7 nitrogen and oxygen atoms in total. The van der Waals surface area contributed by atoms with Gasteiger partial charge in [-0.1, -0.05) is 12.1 Å². The van der Waals surface area contributed by atoms with Crippen LogP contribution in [0.2, 0.25) is 0 Å². The lowest BCUT2D eigenvalue weighted by atomic mass is 10.1. The maximum atomic E-state index is 12.4. The molecule has 0 spiro atoms. The van der Waals surface area contributed by atoms with Crippen LogP contribution in [0.1, 0.15) is 22.6 Å². The summed E-state index contributed by atoms with van der Waals surface area (Å²) in [7, 11) is 3.06. The summed E-state index contributed by atoms with van der Waals surface area (Å²) in [6.07, 6.45) is 3.42. The van der Waals surface area contributed by atoms with E-state index in [2.05, 4.69) is 15.5 Å². The number of rotatable bonds is 7. The summed E-state index contributed by atoms with van der Waals surface area (Å²) in [6, 6.07) is 11.0. The minimum Gasteiger partial charge on any atom is -0.493 e. The summed E-state index contributed by atoms with van der Waals surface area (Å²) in [5.74, 6) is 1.65. The van der Waals surface area contributed by atoms with E-state index in [-0.39, 0.29) is 5.91 Å². The third-order valence-corrected chi connectivity index (χ3v) is 3.89. The van der Waals surface area contributed by atoms with Crippen LogP contribution in [0.5, 0.6) is 11.5 Å². The number of fused-ring (bicyclic) bond motifs is 1. The molecule has 2 heterocycles. The van der Waals surface area contributed by atoms with Gasteiger partial charge in [-0.3, -0.25) is 9.20 Å². The average Bonchev–Trinajstić information content (AvgIpc) is 3.07. The molecule has 0 aliphatic rings. The number of para-hydroxylation sites is 1. The zero-order chi connectivity index (χ0) is 17.6. The maximum absolute atomic E-state index is 12.4. The largest absolute Gasteiger partial charge is 0.493 e. The zero-order valence-corrected chi connectivity index (χ0v) is 14.2. The Labute approximate surface area is 145 Å². The molecule has 7 heteroatoms. The fourth-order valence-electron chi connectivity index (χ4n) is 2.67. The van der Waals surface area contributed by atoms with E-state index in [1.165, 1.54) is 7.11 Å². The number of amides is 1. The van der Waals surface area contributed by atoms with Gasteiger partial charge in [0.1, 0.15) is 5.82 Å². The summed E-state index contributed by atoms with van der Waals surface area (Å²) in [5.41, 5.74) is 1.28. The number of carbonyl (C=O) groups excluding carboxylic acids is 1. The maximum Gasteiger partial charge on any atom is 0.255 e. The first-order valence-corrected chi connectivity index (χ1v) is 8.02. The summed E-state index contributed by atoms with van der Waals surface area (Å²) >= 11 is 0. The number of methoxy groups -OCH3 is 2. The van der Waals surface area contributed by atoms with Crippen molar-refractivity contribution in [3.05, 3.63) is 54.0 Å². The molecule has 1 aromatic carbocycles. The van der Waals surface area contributed by atoms with Crippen LogP contribution in [-0.4, -0.2) is 41.3 Å². The van der Waals surface area contributed by atoms with Gasteiger partial charge in [0.2, 0.25) is 0 Å². The molecular weight excluding hydrogens is 320 g/mol. The highest BCUT2D eigenvalue weighted by Crippen LogP contribution is 2.30. The Morgan fingerprint density at radius 2 is 2.00 bits per heavy atom. The predicted molar refractivity (Wildman–Crippen MR) is 93.2 cm³/mol. The van der Waals surface area contributed by atoms with Crippen molar-refractivity contribution >= 4 is 11.6 Å². The van der Waals surface area contributed by atoms with Crippen molar-refractivity contribution < 1.29 is 14.3 Å². The standard InChI is InChI=1S/C18H20N4O3/c1-24-14-8-5-7-13(17(14)25-2)18(23)19-11-6-10-16-21-20-15-9-3-4-12-22(15)16/h3-5,7-9,12H,6,10-11H2,1-2H3,(H,19,23). The van der Waals surface area contributed by atoms with Crippen molar-refractivity contribution in [1.82, 2.24) is 19.9 Å². The van der Waals surface area contributed by atoms with Gasteiger partial charge in [0, 0.05) is 19.2 Å². The van der Waals surface area contributed by atoms with Gasteiger partial charge in [-0.05, 0) is 30.7 Å². The van der Waals surface area contributed by atoms with Crippen LogP contribution in [0.15, 0.2) is 42.6 Å². The fourth-order valence-corrected chi connectivity index (χ4v) is 2.67. The predicted octanol–water partition coefficient (Wildman–Crippen LogP) is 2.11. The molecular formula is C18H20N4O3. The third kappa shape index (κ3) is 3.55. The number of hydrogen-bond donors (Lipinski definition) is 1. The molecule has 25 heavy (non-hydrogen) atoms. The summed E-state index contributed by atoms with van der Waals surface area (Å²) < 4.78 is 12.5. The Kier molecular flexibility index (Phi) is 5.13. The van der Waals surface area contributed by atoms with Crippen LogP contribution < -0.4 is 14.8 Å². The van der Waals surface area contributed by atoms with Gasteiger partial charge >= 0.3 is 0 Å². The molecule has 130 valence electrons. The van der Waals surface area contributed by atoms with Crippen LogP contribution in [0.3, 0.4) is 0 Å². The van der Waals surface area contributed by atoms with E-state index < -0.39 is 0 Å². The van der Waals surface area contributed by atoms with Crippen molar-refractivity contribution in [1.29, 1.82) is 0 Å². The van der Waals surface area contributed by atoms with Gasteiger partial charge in [-0.2, -0.15) is 0 Å². The first-order valence-electron chi connectivity index (χ1n) is 8.02. The molecule has 0 unspecified atom stereocenters. The topological polar surface area (TPSA) is 77.8 Å². The smallest absolute Gasteiger partial charge is 0.255 e. The number of carbonyl (C=O) groups is 1. The van der Waals surface area contributed by atoms with Crippen LogP contribution in [0.25, 0.3) is 5.65 Å². The number of nitrogens with one attached hydrogen (secondary N) is 1.